The first kappa shape index (κ1) is 30.8. The van der Waals surface area contributed by atoms with Crippen molar-refractivity contribution >= 4 is 44.0 Å². The maximum atomic E-state index is 5.20. The Labute approximate surface area is 308 Å². The molecule has 1 aliphatic carbocycles. The van der Waals surface area contributed by atoms with E-state index in [0.717, 1.165) is 34.1 Å². The first-order chi connectivity index (χ1) is 26.3. The minimum Gasteiger partial charge on any atom is -0.208 e. The van der Waals surface area contributed by atoms with Gasteiger partial charge >= 0.3 is 0 Å². The Balaban J connectivity index is 1.10. The van der Waals surface area contributed by atoms with Crippen molar-refractivity contribution in [2.75, 3.05) is 0 Å². The van der Waals surface area contributed by atoms with Crippen molar-refractivity contribution < 1.29 is 0 Å². The number of allylic oxidation sites excluding steroid dienone is 2. The molecule has 3 heteroatoms. The van der Waals surface area contributed by atoms with Gasteiger partial charge in [0.05, 0.1) is 0 Å². The van der Waals surface area contributed by atoms with Gasteiger partial charge in [-0.3, -0.25) is 0 Å². The lowest BCUT2D eigenvalue weighted by Gasteiger charge is -2.15. The Morgan fingerprint density at radius 3 is 1.75 bits per heavy atom. The van der Waals surface area contributed by atoms with Crippen LogP contribution in [-0.4, -0.2) is 15.0 Å². The second-order valence-electron chi connectivity index (χ2n) is 13.5. The maximum absolute atomic E-state index is 5.20. The summed E-state index contributed by atoms with van der Waals surface area (Å²) in [7, 11) is 0. The topological polar surface area (TPSA) is 38.7 Å². The number of hydrogen-bond donors (Lipinski definition) is 0. The molecular weight excluding hydrogens is 643 g/mol. The average molecular weight is 676 g/mol. The Kier molecular flexibility index (Phi) is 7.54. The van der Waals surface area contributed by atoms with Gasteiger partial charge in [0, 0.05) is 16.7 Å². The van der Waals surface area contributed by atoms with Crippen LogP contribution in [0, 0.1) is 0 Å². The molecule has 0 saturated carbocycles. The lowest BCUT2D eigenvalue weighted by molar-refractivity contribution is 1.07. The van der Waals surface area contributed by atoms with Crippen LogP contribution >= 0.6 is 0 Å². The molecule has 0 spiro atoms. The highest BCUT2D eigenvalue weighted by Gasteiger charge is 2.19. The van der Waals surface area contributed by atoms with Crippen LogP contribution in [0.1, 0.15) is 23.1 Å². The average Bonchev–Trinajstić information content (AvgIpc) is 3.46. The lowest BCUT2D eigenvalue weighted by Crippen LogP contribution is -2.02. The number of benzene rings is 8. The molecule has 1 aliphatic rings. The summed E-state index contributed by atoms with van der Waals surface area (Å²) in [5.41, 5.74) is 10.0. The fourth-order valence-electron chi connectivity index (χ4n) is 7.73. The molecule has 0 bridgehead atoms. The Bertz CT molecular complexity index is 2910. The Hall–Kier alpha value is -6.97. The van der Waals surface area contributed by atoms with Crippen LogP contribution in [0.25, 0.3) is 89.3 Å². The van der Waals surface area contributed by atoms with E-state index in [1.54, 1.807) is 0 Å². The number of aromatic nitrogens is 3. The highest BCUT2D eigenvalue weighted by molar-refractivity contribution is 6.14. The zero-order valence-corrected chi connectivity index (χ0v) is 28.9. The number of nitrogens with zero attached hydrogens (tertiary/aromatic N) is 3. The molecule has 0 amide bonds. The molecule has 0 atom stereocenters. The standard InChI is InChI=1S/C50H33N3/c1-3-14-33(15-4-1)40-19-9-10-22-44-43(40)24-13-25-46(44)50-52-48(34-16-5-2-6-17-34)51-49(53-50)39-29-27-35-30-38(28-26-36(35)31-39)47-32-37-18-7-8-20-41(37)42-21-11-12-23-45(42)47/h1-8,10-32H,9H2. The normalized spacial score (nSPS) is 12.5. The predicted molar refractivity (Wildman–Crippen MR) is 221 cm³/mol. The van der Waals surface area contributed by atoms with Gasteiger partial charge in [0.15, 0.2) is 17.5 Å². The van der Waals surface area contributed by atoms with E-state index in [4.69, 9.17) is 15.0 Å². The molecule has 9 aromatic rings. The van der Waals surface area contributed by atoms with Gasteiger partial charge in [0.2, 0.25) is 0 Å². The third kappa shape index (κ3) is 5.60. The van der Waals surface area contributed by atoms with Crippen molar-refractivity contribution in [3.8, 4) is 45.3 Å². The summed E-state index contributed by atoms with van der Waals surface area (Å²) in [4.78, 5) is 15.4. The maximum Gasteiger partial charge on any atom is 0.164 e. The molecule has 8 aromatic carbocycles. The van der Waals surface area contributed by atoms with Crippen LogP contribution in [0.15, 0.2) is 182 Å². The van der Waals surface area contributed by atoms with Crippen molar-refractivity contribution in [3.05, 3.63) is 199 Å². The molecule has 0 aliphatic heterocycles. The highest BCUT2D eigenvalue weighted by atomic mass is 15.0. The van der Waals surface area contributed by atoms with Crippen molar-refractivity contribution in [1.82, 2.24) is 15.0 Å². The summed E-state index contributed by atoms with van der Waals surface area (Å²) in [5, 5.41) is 7.35. The van der Waals surface area contributed by atoms with Gasteiger partial charge in [-0.25, -0.2) is 15.0 Å². The molecule has 0 N–H and O–H groups in total. The van der Waals surface area contributed by atoms with E-state index in [0.29, 0.717) is 17.5 Å². The summed E-state index contributed by atoms with van der Waals surface area (Å²) in [6.45, 7) is 0. The van der Waals surface area contributed by atoms with Crippen LogP contribution in [0.2, 0.25) is 0 Å². The molecule has 10 rings (SSSR count). The minimum absolute atomic E-state index is 0.648. The molecule has 3 nitrogen and oxygen atoms in total. The summed E-state index contributed by atoms with van der Waals surface area (Å²) in [5.74, 6) is 1.95. The summed E-state index contributed by atoms with van der Waals surface area (Å²) in [6, 6.07) is 60.2. The van der Waals surface area contributed by atoms with Gasteiger partial charge in [-0.2, -0.15) is 0 Å². The predicted octanol–water partition coefficient (Wildman–Crippen LogP) is 12.8. The molecule has 0 saturated heterocycles. The van der Waals surface area contributed by atoms with Crippen molar-refractivity contribution in [1.29, 1.82) is 0 Å². The van der Waals surface area contributed by atoms with Crippen LogP contribution in [0.4, 0.5) is 0 Å². The molecule has 1 aromatic heterocycles. The van der Waals surface area contributed by atoms with Crippen LogP contribution < -0.4 is 0 Å². The smallest absolute Gasteiger partial charge is 0.164 e. The van der Waals surface area contributed by atoms with Gasteiger partial charge in [0.25, 0.3) is 0 Å². The zero-order valence-electron chi connectivity index (χ0n) is 28.9. The van der Waals surface area contributed by atoms with Gasteiger partial charge in [-0.15, -0.1) is 0 Å². The molecular formula is C50H33N3. The molecule has 248 valence electrons. The van der Waals surface area contributed by atoms with Gasteiger partial charge < -0.3 is 0 Å². The van der Waals surface area contributed by atoms with Crippen molar-refractivity contribution in [3.63, 3.8) is 0 Å². The van der Waals surface area contributed by atoms with Crippen molar-refractivity contribution in [2.24, 2.45) is 0 Å². The third-order valence-electron chi connectivity index (χ3n) is 10.3. The number of hydrogen-bond acceptors (Lipinski definition) is 3. The number of fused-ring (bicyclic) bond motifs is 5. The first-order valence-electron chi connectivity index (χ1n) is 18.1. The quantitative estimate of drug-likeness (QED) is 0.170. The van der Waals surface area contributed by atoms with E-state index in [2.05, 4.69) is 170 Å². The highest BCUT2D eigenvalue weighted by Crippen LogP contribution is 2.38. The van der Waals surface area contributed by atoms with Gasteiger partial charge in [0.1, 0.15) is 0 Å². The first-order valence-corrected chi connectivity index (χ1v) is 18.1. The van der Waals surface area contributed by atoms with Gasteiger partial charge in [-0.1, -0.05) is 170 Å². The molecule has 1 heterocycles. The van der Waals surface area contributed by atoms with Crippen LogP contribution in [0.5, 0.6) is 0 Å². The minimum atomic E-state index is 0.648. The second-order valence-corrected chi connectivity index (χ2v) is 13.5. The Morgan fingerprint density at radius 1 is 0.358 bits per heavy atom. The van der Waals surface area contributed by atoms with E-state index in [-0.39, 0.29) is 0 Å². The fraction of sp³-hybridized carbons (Fsp3) is 0.0200. The van der Waals surface area contributed by atoms with Crippen LogP contribution in [0.3, 0.4) is 0 Å². The van der Waals surface area contributed by atoms with E-state index in [9.17, 15) is 0 Å². The SMILES string of the molecule is C1=Cc2c(cccc2-c2nc(-c3ccccc3)nc(-c3ccc4cc(-c5cc6ccccc6c6ccccc56)ccc4c3)n2)C(c2ccccc2)=CC1. The van der Waals surface area contributed by atoms with E-state index < -0.39 is 0 Å². The molecule has 0 radical (unpaired) electrons. The summed E-state index contributed by atoms with van der Waals surface area (Å²) >= 11 is 0. The van der Waals surface area contributed by atoms with Crippen LogP contribution in [-0.2, 0) is 0 Å². The second kappa shape index (κ2) is 13.0. The van der Waals surface area contributed by atoms with Gasteiger partial charge in [-0.05, 0) is 90.3 Å². The number of rotatable bonds is 5. The van der Waals surface area contributed by atoms with E-state index in [1.807, 2.05) is 18.2 Å². The molecule has 53 heavy (non-hydrogen) atoms. The molecule has 0 fully saturated rings. The lowest BCUT2D eigenvalue weighted by atomic mass is 9.91. The summed E-state index contributed by atoms with van der Waals surface area (Å²) in [6.07, 6.45) is 7.59. The summed E-state index contributed by atoms with van der Waals surface area (Å²) < 4.78 is 0. The van der Waals surface area contributed by atoms with E-state index in [1.165, 1.54) is 54.8 Å². The largest absolute Gasteiger partial charge is 0.208 e. The van der Waals surface area contributed by atoms with Crippen molar-refractivity contribution in [2.45, 2.75) is 6.42 Å². The fourth-order valence-corrected chi connectivity index (χ4v) is 7.73. The molecule has 0 unspecified atom stereocenters. The monoisotopic (exact) mass is 675 g/mol. The zero-order chi connectivity index (χ0) is 35.1. The Morgan fingerprint density at radius 2 is 0.962 bits per heavy atom. The van der Waals surface area contributed by atoms with E-state index >= 15 is 0 Å². The third-order valence-corrected chi connectivity index (χ3v) is 10.3.